The average molecular weight is 300 g/mol. The molecule has 1 atom stereocenters. The molecule has 0 bridgehead atoms. The Hall–Kier alpha value is -2.52. The summed E-state index contributed by atoms with van der Waals surface area (Å²) in [6.45, 7) is 2.09. The number of aromatic nitrogens is 1. The van der Waals surface area contributed by atoms with E-state index in [-0.39, 0.29) is 18.7 Å². The quantitative estimate of drug-likeness (QED) is 0.863. The minimum atomic E-state index is -0.338. The number of nitrogens with zero attached hydrogens (tertiary/aromatic N) is 1. The molecule has 1 aromatic carbocycles. The molecule has 5 nitrogen and oxygen atoms in total. The van der Waals surface area contributed by atoms with Crippen LogP contribution < -0.4 is 14.8 Å². The van der Waals surface area contributed by atoms with Crippen LogP contribution in [0.5, 0.6) is 11.5 Å². The second-order valence-corrected chi connectivity index (χ2v) is 5.31. The van der Waals surface area contributed by atoms with Crippen molar-refractivity contribution in [3.05, 3.63) is 40.3 Å². The van der Waals surface area contributed by atoms with Gasteiger partial charge in [0, 0.05) is 23.1 Å². The first-order valence-corrected chi connectivity index (χ1v) is 7.22. The fourth-order valence-electron chi connectivity index (χ4n) is 1.85. The van der Waals surface area contributed by atoms with Crippen molar-refractivity contribution in [1.29, 1.82) is 0 Å². The lowest BCUT2D eigenvalue weighted by Crippen LogP contribution is -2.24. The van der Waals surface area contributed by atoms with Crippen molar-refractivity contribution in [3.8, 4) is 23.3 Å². The maximum Gasteiger partial charge on any atom is 0.296 e. The van der Waals surface area contributed by atoms with E-state index in [4.69, 9.17) is 9.47 Å². The Labute approximate surface area is 125 Å². The van der Waals surface area contributed by atoms with Gasteiger partial charge in [-0.15, -0.1) is 11.3 Å². The van der Waals surface area contributed by atoms with Gasteiger partial charge in [0.05, 0.1) is 6.04 Å². The zero-order chi connectivity index (χ0) is 14.7. The SMILES string of the molecule is CC(NC(=O)C#Cc1ccc2c(c1)OCO2)c1nccs1. The van der Waals surface area contributed by atoms with Crippen molar-refractivity contribution in [2.24, 2.45) is 0 Å². The van der Waals surface area contributed by atoms with Gasteiger partial charge in [-0.2, -0.15) is 0 Å². The Bertz CT molecular complexity index is 716. The smallest absolute Gasteiger partial charge is 0.296 e. The van der Waals surface area contributed by atoms with Crippen molar-refractivity contribution in [2.75, 3.05) is 6.79 Å². The molecular formula is C15H12N2O3S. The Morgan fingerprint density at radius 2 is 2.29 bits per heavy atom. The summed E-state index contributed by atoms with van der Waals surface area (Å²) in [6.07, 6.45) is 1.71. The number of ether oxygens (including phenoxy) is 2. The van der Waals surface area contributed by atoms with Crippen molar-refractivity contribution in [3.63, 3.8) is 0 Å². The topological polar surface area (TPSA) is 60.5 Å². The van der Waals surface area contributed by atoms with E-state index in [2.05, 4.69) is 22.1 Å². The van der Waals surface area contributed by atoms with E-state index in [9.17, 15) is 4.79 Å². The number of thiazole rings is 1. The fraction of sp³-hybridized carbons (Fsp3) is 0.200. The highest BCUT2D eigenvalue weighted by Crippen LogP contribution is 2.32. The van der Waals surface area contributed by atoms with E-state index in [0.717, 1.165) is 5.01 Å². The summed E-state index contributed by atoms with van der Waals surface area (Å²) in [5.41, 5.74) is 0.705. The van der Waals surface area contributed by atoms with E-state index in [1.54, 1.807) is 24.4 Å². The zero-order valence-electron chi connectivity index (χ0n) is 11.3. The van der Waals surface area contributed by atoms with Crippen LogP contribution in [0.1, 0.15) is 23.5 Å². The second-order valence-electron chi connectivity index (χ2n) is 4.38. The molecule has 106 valence electrons. The van der Waals surface area contributed by atoms with Gasteiger partial charge in [0.1, 0.15) is 5.01 Å². The van der Waals surface area contributed by atoms with Gasteiger partial charge < -0.3 is 14.8 Å². The molecule has 1 aliphatic rings. The van der Waals surface area contributed by atoms with E-state index < -0.39 is 0 Å². The number of carbonyl (C=O) groups is 1. The molecule has 2 aromatic rings. The number of hydrogen-bond donors (Lipinski definition) is 1. The lowest BCUT2D eigenvalue weighted by molar-refractivity contribution is -0.116. The number of fused-ring (bicyclic) bond motifs is 1. The molecule has 0 fully saturated rings. The van der Waals surface area contributed by atoms with Crippen LogP contribution in [0.2, 0.25) is 0 Å². The summed E-state index contributed by atoms with van der Waals surface area (Å²) in [5.74, 6) is 6.38. The molecule has 6 heteroatoms. The monoisotopic (exact) mass is 300 g/mol. The van der Waals surface area contributed by atoms with Gasteiger partial charge in [0.2, 0.25) is 6.79 Å². The normalized spacial score (nSPS) is 13.2. The third kappa shape index (κ3) is 3.15. The van der Waals surface area contributed by atoms with Crippen molar-refractivity contribution < 1.29 is 14.3 Å². The Balaban J connectivity index is 1.65. The lowest BCUT2D eigenvalue weighted by Gasteiger charge is -2.07. The summed E-state index contributed by atoms with van der Waals surface area (Å²) in [4.78, 5) is 15.9. The largest absolute Gasteiger partial charge is 0.454 e. The first-order valence-electron chi connectivity index (χ1n) is 6.34. The first-order chi connectivity index (χ1) is 10.2. The Morgan fingerprint density at radius 1 is 1.43 bits per heavy atom. The fourth-order valence-corrected chi connectivity index (χ4v) is 2.49. The van der Waals surface area contributed by atoms with Crippen LogP contribution in [0.25, 0.3) is 0 Å². The molecule has 1 unspecified atom stereocenters. The number of hydrogen-bond acceptors (Lipinski definition) is 5. The van der Waals surface area contributed by atoms with Gasteiger partial charge in [-0.1, -0.05) is 5.92 Å². The number of carbonyl (C=O) groups excluding carboxylic acids is 1. The van der Waals surface area contributed by atoms with Gasteiger partial charge in [-0.25, -0.2) is 4.98 Å². The van der Waals surface area contributed by atoms with Crippen LogP contribution >= 0.6 is 11.3 Å². The third-order valence-electron chi connectivity index (χ3n) is 2.86. The van der Waals surface area contributed by atoms with Gasteiger partial charge in [0.25, 0.3) is 5.91 Å². The second kappa shape index (κ2) is 5.85. The van der Waals surface area contributed by atoms with E-state index >= 15 is 0 Å². The summed E-state index contributed by atoms with van der Waals surface area (Å²) < 4.78 is 10.5. The molecule has 1 aromatic heterocycles. The number of nitrogens with one attached hydrogen (secondary N) is 1. The molecule has 0 saturated heterocycles. The van der Waals surface area contributed by atoms with Crippen molar-refractivity contribution >= 4 is 17.2 Å². The van der Waals surface area contributed by atoms with Crippen LogP contribution in [0.3, 0.4) is 0 Å². The summed E-state index contributed by atoms with van der Waals surface area (Å²) in [6, 6.07) is 5.18. The maximum atomic E-state index is 11.8. The molecule has 0 saturated carbocycles. The molecule has 21 heavy (non-hydrogen) atoms. The average Bonchev–Trinajstić information content (AvgIpc) is 3.15. The molecule has 0 spiro atoms. The number of amides is 1. The summed E-state index contributed by atoms with van der Waals surface area (Å²) in [7, 11) is 0. The Morgan fingerprint density at radius 3 is 3.10 bits per heavy atom. The molecule has 0 radical (unpaired) electrons. The molecule has 1 aliphatic heterocycles. The number of rotatable bonds is 2. The summed E-state index contributed by atoms with van der Waals surface area (Å²) in [5, 5.41) is 5.51. The predicted octanol–water partition coefficient (Wildman–Crippen LogP) is 2.10. The lowest BCUT2D eigenvalue weighted by atomic mass is 10.2. The van der Waals surface area contributed by atoms with Crippen LogP contribution in [0.4, 0.5) is 0 Å². The molecule has 1 N–H and O–H groups in total. The van der Waals surface area contributed by atoms with E-state index in [1.165, 1.54) is 11.3 Å². The Kier molecular flexibility index (Phi) is 3.75. The molecule has 3 rings (SSSR count). The van der Waals surface area contributed by atoms with Gasteiger partial charge >= 0.3 is 0 Å². The van der Waals surface area contributed by atoms with Crippen LogP contribution in [-0.2, 0) is 4.79 Å². The molecule has 2 heterocycles. The van der Waals surface area contributed by atoms with Gasteiger partial charge in [-0.3, -0.25) is 4.79 Å². The highest BCUT2D eigenvalue weighted by atomic mass is 32.1. The van der Waals surface area contributed by atoms with Crippen LogP contribution in [-0.4, -0.2) is 17.7 Å². The molecular weight excluding hydrogens is 288 g/mol. The van der Waals surface area contributed by atoms with Crippen molar-refractivity contribution in [2.45, 2.75) is 13.0 Å². The number of benzene rings is 1. The zero-order valence-corrected chi connectivity index (χ0v) is 12.1. The molecule has 0 aliphatic carbocycles. The minimum Gasteiger partial charge on any atom is -0.454 e. The van der Waals surface area contributed by atoms with Crippen LogP contribution in [0, 0.1) is 11.8 Å². The van der Waals surface area contributed by atoms with Gasteiger partial charge in [-0.05, 0) is 25.1 Å². The highest BCUT2D eigenvalue weighted by molar-refractivity contribution is 7.09. The van der Waals surface area contributed by atoms with E-state index in [1.807, 2.05) is 12.3 Å². The van der Waals surface area contributed by atoms with Gasteiger partial charge in [0.15, 0.2) is 11.5 Å². The standard InChI is InChI=1S/C15H12N2O3S/c1-10(15-16-6-7-21-15)17-14(18)5-3-11-2-4-12-13(8-11)20-9-19-12/h2,4,6-8,10H,9H2,1H3,(H,17,18). The predicted molar refractivity (Wildman–Crippen MR) is 78.1 cm³/mol. The van der Waals surface area contributed by atoms with Crippen molar-refractivity contribution in [1.82, 2.24) is 10.3 Å². The summed E-state index contributed by atoms with van der Waals surface area (Å²) >= 11 is 1.50. The highest BCUT2D eigenvalue weighted by Gasteiger charge is 2.13. The van der Waals surface area contributed by atoms with Crippen LogP contribution in [0.15, 0.2) is 29.8 Å². The minimum absolute atomic E-state index is 0.149. The van der Waals surface area contributed by atoms with E-state index in [0.29, 0.717) is 17.1 Å². The third-order valence-corrected chi connectivity index (χ3v) is 3.82. The maximum absolute atomic E-state index is 11.8. The first kappa shape index (κ1) is 13.5. The molecule has 1 amide bonds.